The Labute approximate surface area is 173 Å². The maximum absolute atomic E-state index is 13.2. The van der Waals surface area contributed by atoms with E-state index in [9.17, 15) is 34.8 Å². The third-order valence-electron chi connectivity index (χ3n) is 4.71. The highest BCUT2D eigenvalue weighted by molar-refractivity contribution is 7.95. The largest absolute Gasteiger partial charge is 0.391 e. The number of rotatable bonds is 7. The molecular weight excluding hydrogens is 459 g/mol. The Morgan fingerprint density at radius 2 is 1.80 bits per heavy atom. The SMILES string of the molecule is O=S1(=O)CC(O)C(S(=O)(=O)NCC(c2cccnc2)S(=O)(=O)c2ccc(F)cc2)C1. The van der Waals surface area contributed by atoms with Gasteiger partial charge in [-0.25, -0.2) is 34.4 Å². The van der Waals surface area contributed by atoms with Gasteiger partial charge in [-0.3, -0.25) is 4.98 Å². The molecule has 2 heterocycles. The van der Waals surface area contributed by atoms with E-state index < -0.39 is 70.2 Å². The summed E-state index contributed by atoms with van der Waals surface area (Å²) >= 11 is 0. The van der Waals surface area contributed by atoms with Gasteiger partial charge in [-0.15, -0.1) is 0 Å². The molecule has 1 aromatic carbocycles. The van der Waals surface area contributed by atoms with Gasteiger partial charge >= 0.3 is 0 Å². The number of sulfone groups is 2. The predicted octanol–water partition coefficient (Wildman–Crippen LogP) is -0.187. The molecule has 0 aliphatic carbocycles. The van der Waals surface area contributed by atoms with E-state index in [2.05, 4.69) is 9.71 Å². The van der Waals surface area contributed by atoms with E-state index in [0.29, 0.717) is 0 Å². The second-order valence-electron chi connectivity index (χ2n) is 6.85. The Morgan fingerprint density at radius 3 is 2.33 bits per heavy atom. The van der Waals surface area contributed by atoms with Crippen molar-refractivity contribution in [3.05, 3.63) is 60.2 Å². The molecule has 2 aromatic rings. The van der Waals surface area contributed by atoms with Crippen molar-refractivity contribution >= 4 is 29.7 Å². The number of aliphatic hydroxyl groups excluding tert-OH is 1. The summed E-state index contributed by atoms with van der Waals surface area (Å²) in [4.78, 5) is 3.64. The van der Waals surface area contributed by atoms with Crippen LogP contribution in [0.25, 0.3) is 0 Å². The molecule has 2 N–H and O–H groups in total. The molecule has 3 atom stereocenters. The summed E-state index contributed by atoms with van der Waals surface area (Å²) in [5.41, 5.74) is 0.184. The molecular formula is C17H19FN2O7S3. The van der Waals surface area contributed by atoms with Crippen LogP contribution < -0.4 is 4.72 Å². The zero-order valence-corrected chi connectivity index (χ0v) is 17.9. The normalized spacial score (nSPS) is 22.6. The Morgan fingerprint density at radius 1 is 1.13 bits per heavy atom. The summed E-state index contributed by atoms with van der Waals surface area (Å²) in [7, 11) is -12.3. The van der Waals surface area contributed by atoms with E-state index in [1.165, 1.54) is 24.5 Å². The monoisotopic (exact) mass is 478 g/mol. The fraction of sp³-hybridized carbons (Fsp3) is 0.353. The molecule has 0 bridgehead atoms. The Bertz CT molecular complexity index is 1220. The lowest BCUT2D eigenvalue weighted by atomic mass is 10.2. The fourth-order valence-corrected chi connectivity index (χ4v) is 9.10. The van der Waals surface area contributed by atoms with Crippen molar-refractivity contribution in [3.63, 3.8) is 0 Å². The van der Waals surface area contributed by atoms with Crippen molar-refractivity contribution in [2.75, 3.05) is 18.1 Å². The first-order valence-corrected chi connectivity index (χ1v) is 13.6. The Hall–Kier alpha value is -1.93. The summed E-state index contributed by atoms with van der Waals surface area (Å²) in [6, 6.07) is 6.99. The zero-order valence-electron chi connectivity index (χ0n) is 15.4. The minimum Gasteiger partial charge on any atom is -0.391 e. The lowest BCUT2D eigenvalue weighted by Gasteiger charge is -2.21. The van der Waals surface area contributed by atoms with Crippen LogP contribution >= 0.6 is 0 Å². The summed E-state index contributed by atoms with van der Waals surface area (Å²) in [6.45, 7) is -0.628. The van der Waals surface area contributed by atoms with Crippen molar-refractivity contribution in [1.82, 2.24) is 9.71 Å². The predicted molar refractivity (Wildman–Crippen MR) is 106 cm³/mol. The summed E-state index contributed by atoms with van der Waals surface area (Å²) < 4.78 is 90.0. The van der Waals surface area contributed by atoms with Gasteiger partial charge in [0.25, 0.3) is 0 Å². The van der Waals surface area contributed by atoms with Crippen LogP contribution in [0.2, 0.25) is 0 Å². The van der Waals surface area contributed by atoms with Gasteiger partial charge in [0.1, 0.15) is 16.3 Å². The maximum Gasteiger partial charge on any atom is 0.218 e. The van der Waals surface area contributed by atoms with Crippen LogP contribution in [-0.2, 0) is 29.7 Å². The average Bonchev–Trinajstić information content (AvgIpc) is 2.96. The van der Waals surface area contributed by atoms with Gasteiger partial charge in [0.2, 0.25) is 10.0 Å². The van der Waals surface area contributed by atoms with Crippen molar-refractivity contribution in [3.8, 4) is 0 Å². The highest BCUT2D eigenvalue weighted by Gasteiger charge is 2.45. The van der Waals surface area contributed by atoms with Crippen molar-refractivity contribution < 1.29 is 34.8 Å². The lowest BCUT2D eigenvalue weighted by molar-refractivity contribution is 0.203. The van der Waals surface area contributed by atoms with E-state index in [1.807, 2.05) is 0 Å². The molecule has 0 spiro atoms. The number of hydrogen-bond acceptors (Lipinski definition) is 8. The maximum atomic E-state index is 13.2. The number of aliphatic hydroxyl groups is 1. The number of benzene rings is 1. The number of aromatic nitrogens is 1. The minimum atomic E-state index is -4.36. The average molecular weight is 479 g/mol. The number of halogens is 1. The highest BCUT2D eigenvalue weighted by atomic mass is 32.2. The molecule has 0 saturated carbocycles. The fourth-order valence-electron chi connectivity index (χ4n) is 3.15. The number of hydrogen-bond donors (Lipinski definition) is 2. The molecule has 1 aromatic heterocycles. The summed E-state index contributed by atoms with van der Waals surface area (Å²) in [5.74, 6) is -2.08. The molecule has 1 fully saturated rings. The smallest absolute Gasteiger partial charge is 0.218 e. The van der Waals surface area contributed by atoms with Crippen LogP contribution in [0.4, 0.5) is 4.39 Å². The topological polar surface area (TPSA) is 148 Å². The Balaban J connectivity index is 1.92. The first kappa shape index (κ1) is 22.7. The zero-order chi connectivity index (χ0) is 22.2. The molecule has 9 nitrogen and oxygen atoms in total. The van der Waals surface area contributed by atoms with Gasteiger partial charge in [-0.05, 0) is 35.9 Å². The van der Waals surface area contributed by atoms with E-state index in [-0.39, 0.29) is 10.5 Å². The molecule has 3 unspecified atom stereocenters. The van der Waals surface area contributed by atoms with Crippen LogP contribution in [0.3, 0.4) is 0 Å². The second-order valence-corrected chi connectivity index (χ2v) is 13.1. The Kier molecular flexibility index (Phi) is 6.30. The van der Waals surface area contributed by atoms with Gasteiger partial charge in [0, 0.05) is 18.9 Å². The second kappa shape index (κ2) is 8.30. The number of sulfonamides is 1. The highest BCUT2D eigenvalue weighted by Crippen LogP contribution is 2.29. The van der Waals surface area contributed by atoms with E-state index in [4.69, 9.17) is 0 Å². The van der Waals surface area contributed by atoms with Crippen LogP contribution in [0.15, 0.2) is 53.7 Å². The van der Waals surface area contributed by atoms with Gasteiger partial charge in [-0.2, -0.15) is 0 Å². The number of nitrogens with one attached hydrogen (secondary N) is 1. The van der Waals surface area contributed by atoms with Crippen LogP contribution in [-0.4, -0.2) is 64.7 Å². The molecule has 1 aliphatic rings. The van der Waals surface area contributed by atoms with E-state index in [1.54, 1.807) is 0 Å². The molecule has 13 heteroatoms. The van der Waals surface area contributed by atoms with Crippen LogP contribution in [0.1, 0.15) is 10.8 Å². The van der Waals surface area contributed by atoms with E-state index in [0.717, 1.165) is 24.3 Å². The molecule has 1 saturated heterocycles. The first-order valence-electron chi connectivity index (χ1n) is 8.69. The van der Waals surface area contributed by atoms with Gasteiger partial charge in [0.05, 0.1) is 22.5 Å². The van der Waals surface area contributed by atoms with Crippen molar-refractivity contribution in [2.45, 2.75) is 21.5 Å². The first-order chi connectivity index (χ1) is 13.9. The third-order valence-corrected chi connectivity index (χ3v) is 10.6. The summed E-state index contributed by atoms with van der Waals surface area (Å²) in [6.07, 6.45) is 1.06. The molecule has 30 heavy (non-hydrogen) atoms. The molecule has 1 aliphatic heterocycles. The third kappa shape index (κ3) is 4.86. The molecule has 3 rings (SSSR count). The summed E-state index contributed by atoms with van der Waals surface area (Å²) in [5, 5.41) is 6.82. The molecule has 0 amide bonds. The van der Waals surface area contributed by atoms with Crippen molar-refractivity contribution in [1.29, 1.82) is 0 Å². The van der Waals surface area contributed by atoms with Gasteiger partial charge < -0.3 is 5.11 Å². The van der Waals surface area contributed by atoms with Crippen LogP contribution in [0.5, 0.6) is 0 Å². The quantitative estimate of drug-likeness (QED) is 0.521. The number of nitrogens with zero attached hydrogens (tertiary/aromatic N) is 1. The van der Waals surface area contributed by atoms with Gasteiger partial charge in [-0.1, -0.05) is 6.07 Å². The minimum absolute atomic E-state index is 0.184. The van der Waals surface area contributed by atoms with Crippen molar-refractivity contribution in [2.24, 2.45) is 0 Å². The standard InChI is InChI=1S/C17H19FN2O7S3/c18-13-3-5-14(6-4-13)29(24,25)16(12-2-1-7-19-8-12)9-20-30(26,27)17-11-28(22,23)10-15(17)21/h1-8,15-17,20-21H,9-11H2. The molecule has 0 radical (unpaired) electrons. The van der Waals surface area contributed by atoms with Crippen LogP contribution in [0, 0.1) is 5.82 Å². The molecule has 164 valence electrons. The van der Waals surface area contributed by atoms with Gasteiger partial charge in [0.15, 0.2) is 19.7 Å². The lowest BCUT2D eigenvalue weighted by Crippen LogP contribution is -2.43. The number of pyridine rings is 1. The van der Waals surface area contributed by atoms with E-state index >= 15 is 0 Å².